The molecule has 2 rings (SSSR count). The van der Waals surface area contributed by atoms with Crippen molar-refractivity contribution in [3.05, 3.63) is 11.3 Å². The quantitative estimate of drug-likeness (QED) is 0.908. The number of nitrogens with one attached hydrogen (secondary N) is 1. The van der Waals surface area contributed by atoms with Crippen LogP contribution < -0.4 is 5.32 Å². The molecule has 1 saturated heterocycles. The van der Waals surface area contributed by atoms with Gasteiger partial charge in [0.1, 0.15) is 0 Å². The van der Waals surface area contributed by atoms with E-state index in [2.05, 4.69) is 22.3 Å². The summed E-state index contributed by atoms with van der Waals surface area (Å²) >= 11 is 0. The molecular formula is C14H23N3O2. The first kappa shape index (κ1) is 14.1. The van der Waals surface area contributed by atoms with Crippen molar-refractivity contribution in [1.29, 1.82) is 0 Å². The molecule has 19 heavy (non-hydrogen) atoms. The van der Waals surface area contributed by atoms with Crippen molar-refractivity contribution >= 4 is 11.8 Å². The fourth-order valence-corrected chi connectivity index (χ4v) is 2.57. The summed E-state index contributed by atoms with van der Waals surface area (Å²) in [4.78, 5) is 14.6. The van der Waals surface area contributed by atoms with Crippen molar-refractivity contribution in [3.63, 3.8) is 0 Å². The van der Waals surface area contributed by atoms with Gasteiger partial charge in [0.05, 0.1) is 11.7 Å². The van der Waals surface area contributed by atoms with Gasteiger partial charge in [-0.3, -0.25) is 15.0 Å². The lowest BCUT2D eigenvalue weighted by molar-refractivity contribution is -0.121. The van der Waals surface area contributed by atoms with E-state index >= 15 is 0 Å². The Balaban J connectivity index is 2.02. The third-order valence-electron chi connectivity index (χ3n) is 3.91. The van der Waals surface area contributed by atoms with Gasteiger partial charge in [-0.1, -0.05) is 18.5 Å². The molecule has 0 aliphatic carbocycles. The summed E-state index contributed by atoms with van der Waals surface area (Å²) in [5.74, 6) is 0.501. The third-order valence-corrected chi connectivity index (χ3v) is 3.91. The van der Waals surface area contributed by atoms with Crippen LogP contribution in [0.2, 0.25) is 0 Å². The molecule has 1 aliphatic heterocycles. The number of likely N-dealkylation sites (tertiary alicyclic amines) is 1. The summed E-state index contributed by atoms with van der Waals surface area (Å²) in [7, 11) is 0. The Morgan fingerprint density at radius 3 is 2.58 bits per heavy atom. The zero-order valence-corrected chi connectivity index (χ0v) is 12.0. The van der Waals surface area contributed by atoms with Gasteiger partial charge < -0.3 is 4.52 Å². The van der Waals surface area contributed by atoms with E-state index in [9.17, 15) is 4.79 Å². The minimum atomic E-state index is -0.0647. The summed E-state index contributed by atoms with van der Waals surface area (Å²) < 4.78 is 5.15. The summed E-state index contributed by atoms with van der Waals surface area (Å²) in [5, 5.41) is 6.73. The van der Waals surface area contributed by atoms with E-state index in [0.717, 1.165) is 30.8 Å². The van der Waals surface area contributed by atoms with Crippen LogP contribution in [0.15, 0.2) is 4.52 Å². The topological polar surface area (TPSA) is 58.4 Å². The molecule has 1 atom stereocenters. The van der Waals surface area contributed by atoms with E-state index in [-0.39, 0.29) is 11.9 Å². The molecule has 0 radical (unpaired) electrons. The first-order valence-corrected chi connectivity index (χ1v) is 7.11. The van der Waals surface area contributed by atoms with E-state index in [1.165, 1.54) is 19.3 Å². The number of hydrogen-bond donors (Lipinski definition) is 1. The normalized spacial score (nSPS) is 18.3. The van der Waals surface area contributed by atoms with Crippen molar-refractivity contribution in [2.75, 3.05) is 18.4 Å². The van der Waals surface area contributed by atoms with Crippen molar-refractivity contribution in [2.24, 2.45) is 0 Å². The molecule has 5 nitrogen and oxygen atoms in total. The Morgan fingerprint density at radius 2 is 2.05 bits per heavy atom. The number of rotatable bonds is 4. The van der Waals surface area contributed by atoms with Crippen molar-refractivity contribution in [3.8, 4) is 0 Å². The summed E-state index contributed by atoms with van der Waals surface area (Å²) in [6, 6.07) is -0.0647. The van der Waals surface area contributed by atoms with Crippen LogP contribution in [0.1, 0.15) is 43.9 Å². The molecule has 0 bridgehead atoms. The third kappa shape index (κ3) is 3.15. The zero-order chi connectivity index (χ0) is 13.8. The summed E-state index contributed by atoms with van der Waals surface area (Å²) in [5.41, 5.74) is 1.73. The SMILES string of the molecule is CCC(C(=O)Nc1onc(C)c1C)N1CCCCC1. The lowest BCUT2D eigenvalue weighted by atomic mass is 10.1. The van der Waals surface area contributed by atoms with Gasteiger partial charge in [0, 0.05) is 5.56 Å². The Labute approximate surface area is 114 Å². The highest BCUT2D eigenvalue weighted by Crippen LogP contribution is 2.20. The van der Waals surface area contributed by atoms with Gasteiger partial charge in [0.25, 0.3) is 0 Å². The molecule has 0 saturated carbocycles. The minimum Gasteiger partial charge on any atom is -0.338 e. The van der Waals surface area contributed by atoms with Crippen LogP contribution in [-0.4, -0.2) is 35.1 Å². The molecule has 2 heterocycles. The monoisotopic (exact) mass is 265 g/mol. The van der Waals surface area contributed by atoms with Crippen LogP contribution in [0.4, 0.5) is 5.88 Å². The second kappa shape index (κ2) is 6.19. The van der Waals surface area contributed by atoms with E-state index < -0.39 is 0 Å². The number of nitrogens with zero attached hydrogens (tertiary/aromatic N) is 2. The maximum Gasteiger partial charge on any atom is 0.244 e. The number of aromatic nitrogens is 1. The van der Waals surface area contributed by atoms with Gasteiger partial charge in [0.2, 0.25) is 11.8 Å². The number of aryl methyl sites for hydroxylation is 1. The molecule has 5 heteroatoms. The number of hydrogen-bond acceptors (Lipinski definition) is 4. The Hall–Kier alpha value is -1.36. The average molecular weight is 265 g/mol. The van der Waals surface area contributed by atoms with Crippen LogP contribution in [0.5, 0.6) is 0 Å². The fourth-order valence-electron chi connectivity index (χ4n) is 2.57. The predicted octanol–water partition coefficient (Wildman–Crippen LogP) is 2.49. The van der Waals surface area contributed by atoms with Crippen LogP contribution >= 0.6 is 0 Å². The number of carbonyl (C=O) groups excluding carboxylic acids is 1. The van der Waals surface area contributed by atoms with Crippen molar-refractivity contribution < 1.29 is 9.32 Å². The van der Waals surface area contributed by atoms with Crippen LogP contribution in [0.25, 0.3) is 0 Å². The maximum atomic E-state index is 12.4. The van der Waals surface area contributed by atoms with Crippen LogP contribution in [-0.2, 0) is 4.79 Å². The molecule has 1 fully saturated rings. The molecule has 1 unspecified atom stereocenters. The second-order valence-corrected chi connectivity index (χ2v) is 5.23. The second-order valence-electron chi connectivity index (χ2n) is 5.23. The molecule has 1 aromatic heterocycles. The average Bonchev–Trinajstić information content (AvgIpc) is 2.73. The highest BCUT2D eigenvalue weighted by molar-refractivity contribution is 5.94. The van der Waals surface area contributed by atoms with E-state index in [4.69, 9.17) is 4.52 Å². The predicted molar refractivity (Wildman–Crippen MR) is 74.1 cm³/mol. The molecule has 0 aromatic carbocycles. The lowest BCUT2D eigenvalue weighted by Crippen LogP contribution is -2.46. The molecule has 1 N–H and O–H groups in total. The van der Waals surface area contributed by atoms with Gasteiger partial charge in [-0.2, -0.15) is 0 Å². The van der Waals surface area contributed by atoms with E-state index in [1.807, 2.05) is 13.8 Å². The van der Waals surface area contributed by atoms with Gasteiger partial charge >= 0.3 is 0 Å². The number of carbonyl (C=O) groups is 1. The van der Waals surface area contributed by atoms with Gasteiger partial charge in [-0.05, 0) is 46.2 Å². The Bertz CT molecular complexity index is 436. The van der Waals surface area contributed by atoms with E-state index in [1.54, 1.807) is 0 Å². The zero-order valence-electron chi connectivity index (χ0n) is 12.0. The maximum absolute atomic E-state index is 12.4. The molecule has 106 valence electrons. The van der Waals surface area contributed by atoms with Gasteiger partial charge in [0.15, 0.2) is 0 Å². The summed E-state index contributed by atoms with van der Waals surface area (Å²) in [6.07, 6.45) is 4.46. The first-order valence-electron chi connectivity index (χ1n) is 7.11. The summed E-state index contributed by atoms with van der Waals surface area (Å²) in [6.45, 7) is 7.86. The molecule has 1 aromatic rings. The van der Waals surface area contributed by atoms with Crippen molar-refractivity contribution in [1.82, 2.24) is 10.1 Å². The Kier molecular flexibility index (Phi) is 4.58. The molecule has 1 amide bonds. The highest BCUT2D eigenvalue weighted by atomic mass is 16.5. The van der Waals surface area contributed by atoms with Crippen LogP contribution in [0.3, 0.4) is 0 Å². The molecular weight excluding hydrogens is 242 g/mol. The number of amides is 1. The Morgan fingerprint density at radius 1 is 1.37 bits per heavy atom. The standard InChI is InChI=1S/C14H23N3O2/c1-4-12(17-8-6-5-7-9-17)13(18)15-14-10(2)11(3)16-19-14/h12H,4-9H2,1-3H3,(H,15,18). The highest BCUT2D eigenvalue weighted by Gasteiger charge is 2.26. The first-order chi connectivity index (χ1) is 9.13. The number of anilines is 1. The minimum absolute atomic E-state index is 0.0173. The van der Waals surface area contributed by atoms with Gasteiger partial charge in [-0.25, -0.2) is 0 Å². The number of piperidine rings is 1. The lowest BCUT2D eigenvalue weighted by Gasteiger charge is -2.32. The van der Waals surface area contributed by atoms with E-state index in [0.29, 0.717) is 5.88 Å². The largest absolute Gasteiger partial charge is 0.338 e. The molecule has 1 aliphatic rings. The molecule has 0 spiro atoms. The van der Waals surface area contributed by atoms with Crippen LogP contribution in [0, 0.1) is 13.8 Å². The van der Waals surface area contributed by atoms with Gasteiger partial charge in [-0.15, -0.1) is 0 Å². The smallest absolute Gasteiger partial charge is 0.244 e. The van der Waals surface area contributed by atoms with Crippen molar-refractivity contribution in [2.45, 2.75) is 52.5 Å². The fraction of sp³-hybridized carbons (Fsp3) is 0.714.